The molecule has 2 heterocycles. The third-order valence-corrected chi connectivity index (χ3v) is 4.33. The minimum atomic E-state index is -4.63. The lowest BCUT2D eigenvalue weighted by molar-refractivity contribution is -0.138. The van der Waals surface area contributed by atoms with Gasteiger partial charge >= 0.3 is 11.9 Å². The minimum Gasteiger partial charge on any atom is -0.328 e. The summed E-state index contributed by atoms with van der Waals surface area (Å²) in [6, 6.07) is 1.95. The Labute approximate surface area is 161 Å². The first-order chi connectivity index (χ1) is 13.6. The zero-order valence-corrected chi connectivity index (χ0v) is 15.3. The molecular weight excluding hydrogens is 394 g/mol. The summed E-state index contributed by atoms with van der Waals surface area (Å²) in [4.78, 5) is 34.4. The highest BCUT2D eigenvalue weighted by Gasteiger charge is 2.31. The van der Waals surface area contributed by atoms with Gasteiger partial charge in [0.05, 0.1) is 22.0 Å². The number of hydrogen-bond acceptors (Lipinski definition) is 5. The van der Waals surface area contributed by atoms with Crippen LogP contribution in [0, 0.1) is 5.82 Å². The van der Waals surface area contributed by atoms with Gasteiger partial charge in [-0.2, -0.15) is 13.2 Å². The fraction of sp³-hybridized carbons (Fsp3) is 0.333. The van der Waals surface area contributed by atoms with Crippen LogP contribution in [-0.4, -0.2) is 25.6 Å². The molecule has 0 bridgehead atoms. The molecule has 0 saturated heterocycles. The molecule has 7 nitrogen and oxygen atoms in total. The summed E-state index contributed by atoms with van der Waals surface area (Å²) in [6.45, 7) is 1.92. The van der Waals surface area contributed by atoms with Crippen LogP contribution in [0.15, 0.2) is 34.1 Å². The van der Waals surface area contributed by atoms with Gasteiger partial charge in [0.15, 0.2) is 5.82 Å². The zero-order chi connectivity index (χ0) is 21.3. The van der Waals surface area contributed by atoms with E-state index in [1.807, 2.05) is 0 Å². The van der Waals surface area contributed by atoms with Crippen molar-refractivity contribution >= 4 is 10.9 Å². The smallest absolute Gasteiger partial charge is 0.328 e. The van der Waals surface area contributed by atoms with Gasteiger partial charge in [-0.15, -0.1) is 0 Å². The molecule has 0 aliphatic rings. The van der Waals surface area contributed by atoms with E-state index in [-0.39, 0.29) is 34.9 Å². The number of aromatic nitrogens is 4. The summed E-state index contributed by atoms with van der Waals surface area (Å²) in [6.07, 6.45) is -2.47. The summed E-state index contributed by atoms with van der Waals surface area (Å²) < 4.78 is 53.4. The van der Waals surface area contributed by atoms with Gasteiger partial charge in [0.2, 0.25) is 0 Å². The molecule has 2 aromatic heterocycles. The van der Waals surface area contributed by atoms with Crippen LogP contribution in [0.2, 0.25) is 0 Å². The van der Waals surface area contributed by atoms with Crippen molar-refractivity contribution in [3.63, 3.8) is 0 Å². The van der Waals surface area contributed by atoms with Crippen LogP contribution in [0.3, 0.4) is 0 Å². The predicted molar refractivity (Wildman–Crippen MR) is 97.7 cm³/mol. The average Bonchev–Trinajstić information content (AvgIpc) is 2.64. The third kappa shape index (κ3) is 4.34. The highest BCUT2D eigenvalue weighted by atomic mass is 19.4. The lowest BCUT2D eigenvalue weighted by atomic mass is 10.1. The number of H-pyrrole nitrogens is 1. The Hall–Kier alpha value is -3.08. The van der Waals surface area contributed by atoms with Gasteiger partial charge in [-0.3, -0.25) is 9.36 Å². The second-order valence-electron chi connectivity index (χ2n) is 6.68. The van der Waals surface area contributed by atoms with Crippen molar-refractivity contribution in [2.75, 3.05) is 0 Å². The minimum absolute atomic E-state index is 0.0309. The monoisotopic (exact) mass is 411 g/mol. The molecule has 0 saturated carbocycles. The Morgan fingerprint density at radius 1 is 1.21 bits per heavy atom. The molecule has 0 fully saturated rings. The number of fused-ring (bicyclic) bond motifs is 1. The van der Waals surface area contributed by atoms with Crippen molar-refractivity contribution in [3.05, 3.63) is 56.7 Å². The number of benzene rings is 1. The molecule has 0 aliphatic heterocycles. The molecule has 3 aromatic rings. The van der Waals surface area contributed by atoms with Crippen molar-refractivity contribution < 1.29 is 17.6 Å². The molecule has 11 heteroatoms. The van der Waals surface area contributed by atoms with E-state index in [0.29, 0.717) is 25.2 Å². The molecule has 0 unspecified atom stereocenters. The molecule has 1 aromatic carbocycles. The summed E-state index contributed by atoms with van der Waals surface area (Å²) in [7, 11) is 0. The van der Waals surface area contributed by atoms with E-state index in [1.165, 1.54) is 0 Å². The molecule has 0 radical (unpaired) electrons. The fourth-order valence-corrected chi connectivity index (χ4v) is 2.83. The summed E-state index contributed by atoms with van der Waals surface area (Å²) in [5.74, 6) is -1.21. The third-order valence-electron chi connectivity index (χ3n) is 4.33. The summed E-state index contributed by atoms with van der Waals surface area (Å²) in [5, 5.41) is -0.0708. The van der Waals surface area contributed by atoms with Crippen LogP contribution < -0.4 is 17.0 Å². The highest BCUT2D eigenvalue weighted by Crippen LogP contribution is 2.29. The number of nitrogens with two attached hydrogens (primary N) is 1. The fourth-order valence-electron chi connectivity index (χ4n) is 2.83. The molecule has 0 spiro atoms. The Morgan fingerprint density at radius 2 is 1.86 bits per heavy atom. The molecular formula is C18H17F4N5O2. The van der Waals surface area contributed by atoms with Gasteiger partial charge in [0, 0.05) is 25.0 Å². The predicted octanol–water partition coefficient (Wildman–Crippen LogP) is 2.43. The van der Waals surface area contributed by atoms with E-state index in [9.17, 15) is 27.2 Å². The number of hydrogen-bond donors (Lipinski definition) is 2. The first-order valence-corrected chi connectivity index (χ1v) is 8.69. The Morgan fingerprint density at radius 3 is 2.45 bits per heavy atom. The van der Waals surface area contributed by atoms with Gasteiger partial charge in [-0.05, 0) is 31.9 Å². The van der Waals surface area contributed by atoms with Crippen LogP contribution >= 0.6 is 0 Å². The maximum atomic E-state index is 14.6. The summed E-state index contributed by atoms with van der Waals surface area (Å²) in [5.41, 5.74) is 3.01. The van der Waals surface area contributed by atoms with Gasteiger partial charge < -0.3 is 10.7 Å². The van der Waals surface area contributed by atoms with Crippen LogP contribution in [0.5, 0.6) is 0 Å². The molecule has 3 N–H and O–H groups in total. The largest absolute Gasteiger partial charge is 0.419 e. The molecule has 0 amide bonds. The lowest BCUT2D eigenvalue weighted by Crippen LogP contribution is -2.35. The lowest BCUT2D eigenvalue weighted by Gasteiger charge is -2.10. The van der Waals surface area contributed by atoms with Gasteiger partial charge in [-0.25, -0.2) is 19.2 Å². The van der Waals surface area contributed by atoms with Crippen LogP contribution in [0.4, 0.5) is 17.6 Å². The number of rotatable bonds is 5. The number of halogens is 4. The quantitative estimate of drug-likeness (QED) is 0.627. The van der Waals surface area contributed by atoms with E-state index >= 15 is 0 Å². The molecule has 154 valence electrons. The Bertz CT molecular complexity index is 1150. The van der Waals surface area contributed by atoms with Gasteiger partial charge in [0.1, 0.15) is 5.82 Å². The van der Waals surface area contributed by atoms with Crippen molar-refractivity contribution in [1.82, 2.24) is 19.5 Å². The van der Waals surface area contributed by atoms with Gasteiger partial charge in [0.25, 0.3) is 5.56 Å². The van der Waals surface area contributed by atoms with E-state index in [2.05, 4.69) is 15.0 Å². The number of aromatic amines is 1. The van der Waals surface area contributed by atoms with E-state index in [0.717, 1.165) is 16.7 Å². The molecule has 1 atom stereocenters. The second-order valence-corrected chi connectivity index (χ2v) is 6.68. The van der Waals surface area contributed by atoms with E-state index < -0.39 is 28.8 Å². The van der Waals surface area contributed by atoms with Crippen molar-refractivity contribution in [3.8, 4) is 11.4 Å². The van der Waals surface area contributed by atoms with Crippen LogP contribution in [0.1, 0.15) is 25.3 Å². The van der Waals surface area contributed by atoms with Crippen LogP contribution in [0.25, 0.3) is 22.3 Å². The topological polar surface area (TPSA) is 107 Å². The maximum Gasteiger partial charge on any atom is 0.419 e. The first-order valence-electron chi connectivity index (χ1n) is 8.69. The van der Waals surface area contributed by atoms with Crippen molar-refractivity contribution in [2.45, 2.75) is 38.5 Å². The molecule has 29 heavy (non-hydrogen) atoms. The maximum absolute atomic E-state index is 14.6. The first kappa shape index (κ1) is 20.6. The average molecular weight is 411 g/mol. The van der Waals surface area contributed by atoms with Gasteiger partial charge in [-0.1, -0.05) is 0 Å². The van der Waals surface area contributed by atoms with Crippen molar-refractivity contribution in [1.29, 1.82) is 0 Å². The highest BCUT2D eigenvalue weighted by molar-refractivity contribution is 5.82. The SMILES string of the molecule is C[C@H](N)CCCn1c(=O)[nH]c2cc(-c3ncc(C(F)(F)F)cn3)c(F)cc2c1=O. The number of nitrogens with zero attached hydrogens (tertiary/aromatic N) is 3. The van der Waals surface area contributed by atoms with Crippen LogP contribution in [-0.2, 0) is 12.7 Å². The normalized spacial score (nSPS) is 13.0. The molecule has 3 rings (SSSR count). The number of nitrogens with one attached hydrogen (secondary N) is 1. The van der Waals surface area contributed by atoms with E-state index in [4.69, 9.17) is 5.73 Å². The summed E-state index contributed by atoms with van der Waals surface area (Å²) >= 11 is 0. The second kappa shape index (κ2) is 7.74. The Kier molecular flexibility index (Phi) is 5.51. The van der Waals surface area contributed by atoms with Crippen molar-refractivity contribution in [2.24, 2.45) is 5.73 Å². The number of alkyl halides is 3. The Balaban J connectivity index is 2.04. The molecule has 0 aliphatic carbocycles. The standard InChI is InChI=1S/C18H17F4N5O2/c1-9(23)3-2-4-27-16(28)12-5-13(19)11(6-14(12)26-17(27)29)15-24-7-10(8-25-15)18(20,21)22/h5-9H,2-4,23H2,1H3,(H,26,29)/t9-/m0/s1. The zero-order valence-electron chi connectivity index (χ0n) is 15.3. The van der Waals surface area contributed by atoms with E-state index in [1.54, 1.807) is 6.92 Å².